The van der Waals surface area contributed by atoms with E-state index in [1.807, 2.05) is 18.2 Å². The molecule has 0 unspecified atom stereocenters. The van der Waals surface area contributed by atoms with E-state index in [9.17, 15) is 9.59 Å². The van der Waals surface area contributed by atoms with Crippen LogP contribution < -0.4 is 14.8 Å². The molecule has 0 aliphatic carbocycles. The van der Waals surface area contributed by atoms with Crippen molar-refractivity contribution >= 4 is 12.1 Å². The molecule has 1 amide bonds. The smallest absolute Gasteiger partial charge is 0.408 e. The van der Waals surface area contributed by atoms with Crippen LogP contribution in [0.4, 0.5) is 4.79 Å². The highest BCUT2D eigenvalue weighted by Crippen LogP contribution is 2.30. The van der Waals surface area contributed by atoms with Crippen molar-refractivity contribution in [2.45, 2.75) is 129 Å². The van der Waals surface area contributed by atoms with E-state index in [1.54, 1.807) is 20.8 Å². The zero-order valence-electron chi connectivity index (χ0n) is 34.8. The van der Waals surface area contributed by atoms with Gasteiger partial charge >= 0.3 is 12.1 Å². The molecule has 9 nitrogen and oxygen atoms in total. The second-order valence-corrected chi connectivity index (χ2v) is 16.2. The molecule has 1 atom stereocenters. The second kappa shape index (κ2) is 25.2. The van der Waals surface area contributed by atoms with Crippen LogP contribution in [0, 0.1) is 0 Å². The molecule has 0 saturated carbocycles. The lowest BCUT2D eigenvalue weighted by Crippen LogP contribution is -2.45. The van der Waals surface area contributed by atoms with E-state index in [0.717, 1.165) is 89.8 Å². The van der Waals surface area contributed by atoms with Crippen molar-refractivity contribution in [3.8, 4) is 11.5 Å². The molecule has 3 aromatic rings. The number of rotatable bonds is 8. The normalized spacial score (nSPS) is 17.5. The van der Waals surface area contributed by atoms with Gasteiger partial charge in [0.25, 0.3) is 0 Å². The summed E-state index contributed by atoms with van der Waals surface area (Å²) in [6, 6.07) is 26.6. The summed E-state index contributed by atoms with van der Waals surface area (Å²) in [5.74, 6) is 0.813. The summed E-state index contributed by atoms with van der Waals surface area (Å²) in [5, 5.41) is 2.68. The van der Waals surface area contributed by atoms with Crippen molar-refractivity contribution in [2.24, 2.45) is 0 Å². The Balaban J connectivity index is 1.41. The van der Waals surface area contributed by atoms with Crippen molar-refractivity contribution < 1.29 is 28.5 Å². The van der Waals surface area contributed by atoms with Crippen molar-refractivity contribution in [3.63, 3.8) is 0 Å². The summed E-state index contributed by atoms with van der Waals surface area (Å²) in [7, 11) is 1.32. The largest absolute Gasteiger partial charge is 0.490 e. The lowest BCUT2D eigenvalue weighted by Gasteiger charge is -2.24. The van der Waals surface area contributed by atoms with Gasteiger partial charge < -0.3 is 24.3 Å². The molecular formula is C47H69N3O6. The van der Waals surface area contributed by atoms with Gasteiger partial charge in [-0.2, -0.15) is 0 Å². The highest BCUT2D eigenvalue weighted by Gasteiger charge is 2.26. The van der Waals surface area contributed by atoms with E-state index in [-0.39, 0.29) is 6.42 Å². The van der Waals surface area contributed by atoms with E-state index in [2.05, 4.69) is 75.8 Å². The van der Waals surface area contributed by atoms with Crippen LogP contribution in [0.25, 0.3) is 0 Å². The number of carbonyl (C=O) groups is 2. The fourth-order valence-corrected chi connectivity index (χ4v) is 7.13. The van der Waals surface area contributed by atoms with Crippen LogP contribution in [-0.4, -0.2) is 80.0 Å². The van der Waals surface area contributed by atoms with Crippen LogP contribution in [-0.2, 0) is 33.8 Å². The average molecular weight is 772 g/mol. The first-order valence-corrected chi connectivity index (χ1v) is 21.2. The first-order valence-electron chi connectivity index (χ1n) is 21.2. The summed E-state index contributed by atoms with van der Waals surface area (Å²) in [6.07, 6.45) is 13.3. The third-order valence-corrected chi connectivity index (χ3v) is 10.1. The Morgan fingerprint density at radius 3 is 1.55 bits per heavy atom. The van der Waals surface area contributed by atoms with Gasteiger partial charge in [0.2, 0.25) is 0 Å². The Kier molecular flexibility index (Phi) is 20.1. The second-order valence-electron chi connectivity index (χ2n) is 16.2. The number of nitrogens with zero attached hydrogens (tertiary/aromatic N) is 2. The molecule has 0 fully saturated rings. The molecule has 0 spiro atoms. The summed E-state index contributed by atoms with van der Waals surface area (Å²) in [5.41, 5.74) is 2.90. The minimum Gasteiger partial charge on any atom is -0.490 e. The third kappa shape index (κ3) is 18.2. The fraction of sp³-hybridized carbons (Fsp3) is 0.574. The van der Waals surface area contributed by atoms with E-state index < -0.39 is 23.7 Å². The van der Waals surface area contributed by atoms with Crippen molar-refractivity contribution in [3.05, 3.63) is 95.6 Å². The van der Waals surface area contributed by atoms with Crippen molar-refractivity contribution in [2.75, 3.05) is 46.5 Å². The quantitative estimate of drug-likeness (QED) is 0.227. The SMILES string of the molecule is COC(=O)[C@H](Cc1ccc2c(c1)OCCCCCCN(Cc1ccccc1)CCCCCCN(Cc1ccccc1)CCCCCCO2)NC(=O)OC(C)(C)C. The third-order valence-electron chi connectivity index (χ3n) is 10.1. The monoisotopic (exact) mass is 772 g/mol. The van der Waals surface area contributed by atoms with Crippen LogP contribution in [0.3, 0.4) is 0 Å². The molecule has 308 valence electrons. The van der Waals surface area contributed by atoms with Gasteiger partial charge in [-0.3, -0.25) is 9.80 Å². The number of nitrogens with one attached hydrogen (secondary N) is 1. The zero-order chi connectivity index (χ0) is 39.9. The number of alkyl carbamates (subject to hydrolysis) is 1. The number of benzene rings is 3. The number of carbonyl (C=O) groups excluding carboxylic acids is 2. The summed E-state index contributed by atoms with van der Waals surface area (Å²) in [4.78, 5) is 30.5. The zero-order valence-corrected chi connectivity index (χ0v) is 34.8. The van der Waals surface area contributed by atoms with Gasteiger partial charge in [0, 0.05) is 19.5 Å². The molecule has 3 aromatic carbocycles. The predicted octanol–water partition coefficient (Wildman–Crippen LogP) is 9.75. The predicted molar refractivity (Wildman–Crippen MR) is 225 cm³/mol. The van der Waals surface area contributed by atoms with Crippen molar-refractivity contribution in [1.82, 2.24) is 15.1 Å². The number of amides is 1. The molecule has 9 heteroatoms. The van der Waals surface area contributed by atoms with Gasteiger partial charge in [0.15, 0.2) is 11.5 Å². The molecule has 56 heavy (non-hydrogen) atoms. The first-order chi connectivity index (χ1) is 27.2. The van der Waals surface area contributed by atoms with Crippen LogP contribution in [0.2, 0.25) is 0 Å². The highest BCUT2D eigenvalue weighted by atomic mass is 16.6. The van der Waals surface area contributed by atoms with E-state index >= 15 is 0 Å². The maximum absolute atomic E-state index is 12.7. The Hall–Kier alpha value is -4.08. The molecule has 1 aliphatic heterocycles. The topological polar surface area (TPSA) is 89.6 Å². The van der Waals surface area contributed by atoms with Crippen LogP contribution in [0.5, 0.6) is 11.5 Å². The van der Waals surface area contributed by atoms with Crippen molar-refractivity contribution in [1.29, 1.82) is 0 Å². The van der Waals surface area contributed by atoms with E-state index in [0.29, 0.717) is 24.7 Å². The minimum atomic E-state index is -0.909. The number of methoxy groups -OCH3 is 1. The van der Waals surface area contributed by atoms with Crippen LogP contribution >= 0.6 is 0 Å². The molecule has 1 N–H and O–H groups in total. The summed E-state index contributed by atoms with van der Waals surface area (Å²) < 4.78 is 23.1. The van der Waals surface area contributed by atoms with E-state index in [4.69, 9.17) is 18.9 Å². The van der Waals surface area contributed by atoms with Gasteiger partial charge in [-0.1, -0.05) is 105 Å². The molecule has 4 rings (SSSR count). The Morgan fingerprint density at radius 2 is 1.09 bits per heavy atom. The standard InChI is InChI=1S/C47H69N3O6/c1-47(2,3)56-46(52)48-42(45(51)53-4)35-41-27-28-43-44(36-41)55-34-22-10-8-20-32-50(38-40-25-15-12-16-26-40)30-18-6-5-17-29-49(31-19-7-9-21-33-54-43)37-39-23-13-11-14-24-39/h11-16,23-28,36,42H,5-10,17-22,29-35,37-38H2,1-4H3,(H,48,52)/t42-/m0/s1. The fourth-order valence-electron chi connectivity index (χ4n) is 7.13. The Morgan fingerprint density at radius 1 is 0.625 bits per heavy atom. The highest BCUT2D eigenvalue weighted by molar-refractivity contribution is 5.81. The summed E-state index contributed by atoms with van der Waals surface area (Å²) in [6.45, 7) is 13.0. The number of ether oxygens (including phenoxy) is 4. The summed E-state index contributed by atoms with van der Waals surface area (Å²) >= 11 is 0. The van der Waals surface area contributed by atoms with Gasteiger partial charge in [-0.15, -0.1) is 0 Å². The van der Waals surface area contributed by atoms with Gasteiger partial charge in [-0.25, -0.2) is 9.59 Å². The van der Waals surface area contributed by atoms with Gasteiger partial charge in [0.05, 0.1) is 20.3 Å². The van der Waals surface area contributed by atoms with E-state index in [1.165, 1.54) is 50.3 Å². The molecule has 0 aromatic heterocycles. The molecule has 1 aliphatic rings. The molecule has 0 saturated heterocycles. The molecule has 1 heterocycles. The lowest BCUT2D eigenvalue weighted by molar-refractivity contribution is -0.143. The maximum Gasteiger partial charge on any atom is 0.408 e. The Labute approximate surface area is 337 Å². The average Bonchev–Trinajstić information content (AvgIpc) is 3.17. The number of hydrogen-bond donors (Lipinski definition) is 1. The number of hydrogen-bond acceptors (Lipinski definition) is 8. The van der Waals surface area contributed by atoms with Crippen LogP contribution in [0.1, 0.15) is 115 Å². The number of esters is 1. The minimum absolute atomic E-state index is 0.226. The molecule has 0 bridgehead atoms. The number of fused-ring (bicyclic) bond motifs is 1. The Bertz CT molecular complexity index is 1530. The maximum atomic E-state index is 12.7. The molecule has 0 radical (unpaired) electrons. The lowest BCUT2D eigenvalue weighted by atomic mass is 10.1. The molecular weight excluding hydrogens is 703 g/mol. The first kappa shape index (κ1) is 44.6. The van der Waals surface area contributed by atoms with Gasteiger partial charge in [-0.05, 0) is 114 Å². The van der Waals surface area contributed by atoms with Crippen LogP contribution in [0.15, 0.2) is 78.9 Å². The van der Waals surface area contributed by atoms with Gasteiger partial charge in [0.1, 0.15) is 11.6 Å².